The maximum Gasteiger partial charge on any atom is 0.270 e. The lowest BCUT2D eigenvalue weighted by Crippen LogP contribution is -2.38. The van der Waals surface area contributed by atoms with Gasteiger partial charge in [0.15, 0.2) is 0 Å². The van der Waals surface area contributed by atoms with Crippen molar-refractivity contribution in [1.82, 2.24) is 15.2 Å². The largest absolute Gasteiger partial charge is 0.493 e. The molecule has 0 atom stereocenters. The summed E-state index contributed by atoms with van der Waals surface area (Å²) in [5, 5.41) is 8.27. The van der Waals surface area contributed by atoms with Crippen molar-refractivity contribution in [3.8, 4) is 5.75 Å². The number of benzene rings is 2. The van der Waals surface area contributed by atoms with Gasteiger partial charge in [-0.15, -0.1) is 11.3 Å². The smallest absolute Gasteiger partial charge is 0.270 e. The number of aromatic nitrogens is 1. The van der Waals surface area contributed by atoms with Crippen LogP contribution in [0.2, 0.25) is 5.02 Å². The van der Waals surface area contributed by atoms with Crippen molar-refractivity contribution in [2.45, 2.75) is 32.1 Å². The maximum atomic E-state index is 14.1. The normalized spacial score (nSPS) is 13.7. The Bertz CT molecular complexity index is 1290. The van der Waals surface area contributed by atoms with Crippen molar-refractivity contribution >= 4 is 46.3 Å². The first kappa shape index (κ1) is 27.5. The number of hydrogen-bond donors (Lipinski definition) is 2. The minimum Gasteiger partial charge on any atom is -0.493 e. The standard InChI is InChI=1S/C27H28ClFN4O4S/c1-17(34)31-19-5-2-6-20(15-19)37-14-4-11-30-25(35)23-16-38-26(32-23)18-9-12-33(13-10-18)27(36)24-21(28)7-3-8-22(24)29/h2-3,5-8,15-16,18H,4,9-14H2,1H3,(H,30,35)(H,31,34). The fourth-order valence-electron chi connectivity index (χ4n) is 4.19. The Morgan fingerprint density at radius 2 is 1.95 bits per heavy atom. The predicted octanol–water partition coefficient (Wildman–Crippen LogP) is 5.11. The van der Waals surface area contributed by atoms with E-state index in [0.29, 0.717) is 62.6 Å². The van der Waals surface area contributed by atoms with Crippen LogP contribution in [0.4, 0.5) is 10.1 Å². The van der Waals surface area contributed by atoms with E-state index in [1.165, 1.54) is 36.5 Å². The highest BCUT2D eigenvalue weighted by atomic mass is 35.5. The van der Waals surface area contributed by atoms with Crippen LogP contribution in [0.15, 0.2) is 47.8 Å². The number of ether oxygens (including phenoxy) is 1. The van der Waals surface area contributed by atoms with Crippen LogP contribution in [0.3, 0.4) is 0 Å². The fraction of sp³-hybridized carbons (Fsp3) is 0.333. The van der Waals surface area contributed by atoms with Gasteiger partial charge in [-0.3, -0.25) is 14.4 Å². The monoisotopic (exact) mass is 558 g/mol. The van der Waals surface area contributed by atoms with Gasteiger partial charge in [0.25, 0.3) is 11.8 Å². The first-order valence-corrected chi connectivity index (χ1v) is 13.5. The minimum absolute atomic E-state index is 0.0928. The first-order valence-electron chi connectivity index (χ1n) is 12.3. The Balaban J connectivity index is 1.20. The SMILES string of the molecule is CC(=O)Nc1cccc(OCCCNC(=O)c2csc(C3CCN(C(=O)c4c(F)cccc4Cl)CC3)n2)c1. The number of hydrogen-bond acceptors (Lipinski definition) is 6. The molecule has 0 unspecified atom stereocenters. The molecule has 1 saturated heterocycles. The van der Waals surface area contributed by atoms with Gasteiger partial charge in [-0.1, -0.05) is 23.7 Å². The number of nitrogens with zero attached hydrogens (tertiary/aromatic N) is 2. The van der Waals surface area contributed by atoms with Gasteiger partial charge in [-0.05, 0) is 43.5 Å². The number of rotatable bonds is 9. The second-order valence-electron chi connectivity index (χ2n) is 8.90. The first-order chi connectivity index (χ1) is 18.3. The molecular weight excluding hydrogens is 531 g/mol. The summed E-state index contributed by atoms with van der Waals surface area (Å²) in [6.45, 7) is 3.20. The molecule has 2 N–H and O–H groups in total. The van der Waals surface area contributed by atoms with Crippen LogP contribution in [-0.4, -0.2) is 53.8 Å². The second-order valence-corrected chi connectivity index (χ2v) is 10.2. The van der Waals surface area contributed by atoms with Crippen molar-refractivity contribution in [3.63, 3.8) is 0 Å². The third-order valence-electron chi connectivity index (χ3n) is 6.09. The number of carbonyl (C=O) groups excluding carboxylic acids is 3. The minimum atomic E-state index is -0.622. The number of carbonyl (C=O) groups is 3. The zero-order valence-electron chi connectivity index (χ0n) is 20.8. The highest BCUT2D eigenvalue weighted by molar-refractivity contribution is 7.09. The van der Waals surface area contributed by atoms with Crippen molar-refractivity contribution < 1.29 is 23.5 Å². The molecule has 1 fully saturated rings. The average Bonchev–Trinajstić information content (AvgIpc) is 3.39. The Kier molecular flexibility index (Phi) is 9.30. The Hall–Kier alpha value is -3.50. The summed E-state index contributed by atoms with van der Waals surface area (Å²) in [6.07, 6.45) is 1.95. The number of amides is 3. The number of likely N-dealkylation sites (tertiary alicyclic amines) is 1. The molecule has 0 spiro atoms. The summed E-state index contributed by atoms with van der Waals surface area (Å²) in [6, 6.07) is 11.3. The van der Waals surface area contributed by atoms with Crippen molar-refractivity contribution in [2.75, 3.05) is 31.6 Å². The number of halogens is 2. The van der Waals surface area contributed by atoms with E-state index in [4.69, 9.17) is 16.3 Å². The van der Waals surface area contributed by atoms with E-state index in [1.54, 1.807) is 34.5 Å². The van der Waals surface area contributed by atoms with Crippen LogP contribution in [0.1, 0.15) is 58.0 Å². The summed E-state index contributed by atoms with van der Waals surface area (Å²) >= 11 is 7.48. The molecule has 200 valence electrons. The molecule has 0 radical (unpaired) electrons. The summed E-state index contributed by atoms with van der Waals surface area (Å²) in [5.74, 6) is -0.666. The molecule has 0 saturated carbocycles. The molecule has 2 heterocycles. The molecule has 3 amide bonds. The summed E-state index contributed by atoms with van der Waals surface area (Å²) < 4.78 is 19.8. The molecule has 8 nitrogen and oxygen atoms in total. The number of piperidine rings is 1. The molecule has 2 aromatic carbocycles. The Morgan fingerprint density at radius 3 is 2.68 bits per heavy atom. The zero-order valence-corrected chi connectivity index (χ0v) is 22.4. The molecule has 1 aliphatic heterocycles. The van der Waals surface area contributed by atoms with Gasteiger partial charge in [0.05, 0.1) is 22.2 Å². The molecule has 0 bridgehead atoms. The van der Waals surface area contributed by atoms with E-state index >= 15 is 0 Å². The quantitative estimate of drug-likeness (QED) is 0.355. The number of thiazole rings is 1. The highest BCUT2D eigenvalue weighted by Gasteiger charge is 2.29. The Labute approximate surface area is 229 Å². The lowest BCUT2D eigenvalue weighted by Gasteiger charge is -2.31. The molecule has 38 heavy (non-hydrogen) atoms. The van der Waals surface area contributed by atoms with Crippen LogP contribution in [0.25, 0.3) is 0 Å². The van der Waals surface area contributed by atoms with Gasteiger partial charge in [-0.25, -0.2) is 9.37 Å². The van der Waals surface area contributed by atoms with Gasteiger partial charge < -0.3 is 20.3 Å². The van der Waals surface area contributed by atoms with Crippen molar-refractivity contribution in [1.29, 1.82) is 0 Å². The van der Waals surface area contributed by atoms with Gasteiger partial charge in [0.2, 0.25) is 5.91 Å². The van der Waals surface area contributed by atoms with Gasteiger partial charge in [0, 0.05) is 49.6 Å². The number of anilines is 1. The third kappa shape index (κ3) is 7.08. The molecular formula is C27H28ClFN4O4S. The summed E-state index contributed by atoms with van der Waals surface area (Å²) in [7, 11) is 0. The fourth-order valence-corrected chi connectivity index (χ4v) is 5.41. The molecule has 1 aliphatic rings. The lowest BCUT2D eigenvalue weighted by atomic mass is 9.97. The van der Waals surface area contributed by atoms with E-state index in [9.17, 15) is 18.8 Å². The summed E-state index contributed by atoms with van der Waals surface area (Å²) in [5.41, 5.74) is 0.935. The van der Waals surface area contributed by atoms with Crippen LogP contribution in [0.5, 0.6) is 5.75 Å². The highest BCUT2D eigenvalue weighted by Crippen LogP contribution is 2.32. The zero-order chi connectivity index (χ0) is 27.1. The molecule has 4 rings (SSSR count). The van der Waals surface area contributed by atoms with Crippen molar-refractivity contribution in [3.05, 3.63) is 74.9 Å². The average molecular weight is 559 g/mol. The number of nitrogens with one attached hydrogen (secondary N) is 2. The van der Waals surface area contributed by atoms with Crippen LogP contribution in [0, 0.1) is 5.82 Å². The second kappa shape index (κ2) is 12.8. The molecule has 1 aromatic heterocycles. The maximum absolute atomic E-state index is 14.1. The third-order valence-corrected chi connectivity index (χ3v) is 7.41. The molecule has 0 aliphatic carbocycles. The lowest BCUT2D eigenvalue weighted by molar-refractivity contribution is -0.114. The molecule has 11 heteroatoms. The van der Waals surface area contributed by atoms with Crippen LogP contribution in [-0.2, 0) is 4.79 Å². The van der Waals surface area contributed by atoms with E-state index < -0.39 is 11.7 Å². The summed E-state index contributed by atoms with van der Waals surface area (Å²) in [4.78, 5) is 42.6. The predicted molar refractivity (Wildman–Crippen MR) is 145 cm³/mol. The molecule has 3 aromatic rings. The van der Waals surface area contributed by atoms with Gasteiger partial charge >= 0.3 is 0 Å². The van der Waals surface area contributed by atoms with E-state index in [0.717, 1.165) is 5.01 Å². The van der Waals surface area contributed by atoms with Gasteiger partial charge in [0.1, 0.15) is 17.3 Å². The van der Waals surface area contributed by atoms with Crippen LogP contribution < -0.4 is 15.4 Å². The van der Waals surface area contributed by atoms with E-state index in [2.05, 4.69) is 15.6 Å². The van der Waals surface area contributed by atoms with Crippen LogP contribution >= 0.6 is 22.9 Å². The Morgan fingerprint density at radius 1 is 1.18 bits per heavy atom. The van der Waals surface area contributed by atoms with Gasteiger partial charge in [-0.2, -0.15) is 0 Å². The topological polar surface area (TPSA) is 101 Å². The van der Waals surface area contributed by atoms with Crippen molar-refractivity contribution in [2.24, 2.45) is 0 Å². The van der Waals surface area contributed by atoms with E-state index in [1.807, 2.05) is 0 Å². The van der Waals surface area contributed by atoms with E-state index in [-0.39, 0.29) is 28.3 Å².